The van der Waals surface area contributed by atoms with E-state index in [4.69, 9.17) is 4.74 Å². The minimum absolute atomic E-state index is 0.126. The fraction of sp³-hybridized carbons (Fsp3) is 0.250. The second-order valence-corrected chi connectivity index (χ2v) is 4.64. The molecule has 0 aliphatic carbocycles. The molecule has 0 saturated carbocycles. The van der Waals surface area contributed by atoms with Crippen LogP contribution in [0.5, 0.6) is 0 Å². The van der Waals surface area contributed by atoms with Crippen molar-refractivity contribution in [1.29, 1.82) is 0 Å². The van der Waals surface area contributed by atoms with Gasteiger partial charge in [0.05, 0.1) is 12.3 Å². The molecule has 0 saturated heterocycles. The van der Waals surface area contributed by atoms with Crippen LogP contribution in [0.25, 0.3) is 0 Å². The van der Waals surface area contributed by atoms with E-state index >= 15 is 0 Å². The molecule has 2 N–H and O–H groups in total. The van der Waals surface area contributed by atoms with Crippen molar-refractivity contribution in [1.82, 2.24) is 9.97 Å². The number of aromatic nitrogens is 2. The van der Waals surface area contributed by atoms with Crippen LogP contribution in [0, 0.1) is 0 Å². The molecule has 1 aromatic carbocycles. The Morgan fingerprint density at radius 1 is 1.22 bits per heavy atom. The number of carbonyl (C=O) groups is 2. The summed E-state index contributed by atoms with van der Waals surface area (Å²) in [6.07, 6.45) is 0.440. The smallest absolute Gasteiger partial charge is 0.362 e. The van der Waals surface area contributed by atoms with Gasteiger partial charge in [-0.25, -0.2) is 9.78 Å². The van der Waals surface area contributed by atoms with Crippen LogP contribution in [0.2, 0.25) is 0 Å². The highest BCUT2D eigenvalue weighted by atomic mass is 16.5. The first-order chi connectivity index (χ1) is 11.1. The van der Waals surface area contributed by atoms with Crippen molar-refractivity contribution in [3.05, 3.63) is 57.6 Å². The van der Waals surface area contributed by atoms with Gasteiger partial charge in [-0.15, -0.1) is 0 Å². The van der Waals surface area contributed by atoms with Gasteiger partial charge in [-0.3, -0.25) is 9.59 Å². The topological polar surface area (TPSA) is 101 Å². The summed E-state index contributed by atoms with van der Waals surface area (Å²) < 4.78 is 4.79. The number of aromatic amines is 1. The first kappa shape index (κ1) is 16.4. The van der Waals surface area contributed by atoms with E-state index < -0.39 is 11.5 Å². The molecule has 23 heavy (non-hydrogen) atoms. The summed E-state index contributed by atoms with van der Waals surface area (Å²) in [5, 5.41) is 2.61. The Hall–Kier alpha value is -2.96. The van der Waals surface area contributed by atoms with Crippen molar-refractivity contribution < 1.29 is 14.3 Å². The summed E-state index contributed by atoms with van der Waals surface area (Å²) in [6.45, 7) is 3.56. The fourth-order valence-corrected chi connectivity index (χ4v) is 1.95. The summed E-state index contributed by atoms with van der Waals surface area (Å²) in [4.78, 5) is 42.4. The quantitative estimate of drug-likeness (QED) is 0.819. The summed E-state index contributed by atoms with van der Waals surface area (Å²) in [6, 6.07) is 8.57. The number of ether oxygens (including phenoxy) is 1. The molecule has 2 rings (SSSR count). The van der Waals surface area contributed by atoms with E-state index in [-0.39, 0.29) is 24.0 Å². The van der Waals surface area contributed by atoms with E-state index in [2.05, 4.69) is 15.3 Å². The molecular weight excluding hydrogens is 298 g/mol. The van der Waals surface area contributed by atoms with Gasteiger partial charge in [-0.1, -0.05) is 25.1 Å². The average molecular weight is 315 g/mol. The minimum Gasteiger partial charge on any atom is -0.461 e. The number of aryl methyl sites for hydroxylation is 1. The maximum Gasteiger partial charge on any atom is 0.362 e. The second kappa shape index (κ2) is 7.35. The Labute approximate surface area is 132 Å². The van der Waals surface area contributed by atoms with E-state index in [1.54, 1.807) is 44.2 Å². The zero-order valence-corrected chi connectivity index (χ0v) is 12.9. The third-order valence-electron chi connectivity index (χ3n) is 3.08. The lowest BCUT2D eigenvalue weighted by Gasteiger charge is -2.10. The van der Waals surface area contributed by atoms with E-state index in [1.165, 1.54) is 0 Å². The normalized spacial score (nSPS) is 10.2. The number of H-pyrrole nitrogens is 1. The second-order valence-electron chi connectivity index (χ2n) is 4.64. The highest BCUT2D eigenvalue weighted by Gasteiger charge is 2.18. The molecule has 1 aromatic heterocycles. The number of nitrogens with one attached hydrogen (secondary N) is 2. The molecule has 1 amide bonds. The lowest BCUT2D eigenvalue weighted by atomic mass is 10.2. The molecule has 0 aliphatic heterocycles. The monoisotopic (exact) mass is 315 g/mol. The van der Waals surface area contributed by atoms with Crippen molar-refractivity contribution in [2.24, 2.45) is 0 Å². The first-order valence-corrected chi connectivity index (χ1v) is 7.23. The molecule has 0 spiro atoms. The van der Waals surface area contributed by atoms with Crippen molar-refractivity contribution in [2.75, 3.05) is 11.9 Å². The number of carbonyl (C=O) groups excluding carboxylic acids is 2. The first-order valence-electron chi connectivity index (χ1n) is 7.23. The van der Waals surface area contributed by atoms with Crippen LogP contribution < -0.4 is 10.9 Å². The van der Waals surface area contributed by atoms with Gasteiger partial charge >= 0.3 is 5.97 Å². The predicted molar refractivity (Wildman–Crippen MR) is 84.6 cm³/mol. The standard InChI is InChI=1S/C16H17N3O4/c1-3-11-13(19-14(20)10-8-6-5-7-9-10)18-12(15(21)17-11)16(22)23-4-2/h5-9H,3-4H2,1-2H3,(H,17,21)(H,18,19,20). The van der Waals surface area contributed by atoms with Crippen LogP contribution in [0.1, 0.15) is 40.4 Å². The van der Waals surface area contributed by atoms with Crippen LogP contribution >= 0.6 is 0 Å². The Kier molecular flexibility index (Phi) is 5.24. The largest absolute Gasteiger partial charge is 0.461 e. The number of esters is 1. The molecule has 0 aliphatic rings. The number of benzene rings is 1. The molecule has 0 fully saturated rings. The van der Waals surface area contributed by atoms with Gasteiger partial charge in [0.25, 0.3) is 11.5 Å². The van der Waals surface area contributed by atoms with Crippen LogP contribution in [0.15, 0.2) is 35.1 Å². The molecule has 0 radical (unpaired) electrons. The zero-order chi connectivity index (χ0) is 16.8. The Bertz CT molecular complexity index is 769. The molecule has 0 atom stereocenters. The Morgan fingerprint density at radius 3 is 2.52 bits per heavy atom. The van der Waals surface area contributed by atoms with Crippen molar-refractivity contribution in [3.63, 3.8) is 0 Å². The molecule has 1 heterocycles. The van der Waals surface area contributed by atoms with E-state index in [1.807, 2.05) is 0 Å². The third kappa shape index (κ3) is 3.82. The van der Waals surface area contributed by atoms with Crippen molar-refractivity contribution in [3.8, 4) is 0 Å². The summed E-state index contributed by atoms with van der Waals surface area (Å²) in [5.41, 5.74) is -0.141. The SMILES string of the molecule is CCOC(=O)c1nc(NC(=O)c2ccccc2)c(CC)[nH]c1=O. The van der Waals surface area contributed by atoms with Crippen molar-refractivity contribution in [2.45, 2.75) is 20.3 Å². The highest BCUT2D eigenvalue weighted by molar-refractivity contribution is 6.04. The molecule has 0 bridgehead atoms. The Morgan fingerprint density at radius 2 is 1.91 bits per heavy atom. The van der Waals surface area contributed by atoms with E-state index in [9.17, 15) is 14.4 Å². The van der Waals surface area contributed by atoms with Crippen LogP contribution in [0.3, 0.4) is 0 Å². The number of nitrogens with zero attached hydrogens (tertiary/aromatic N) is 1. The van der Waals surface area contributed by atoms with Gasteiger partial charge in [0.1, 0.15) is 0 Å². The van der Waals surface area contributed by atoms with E-state index in [0.29, 0.717) is 17.7 Å². The zero-order valence-electron chi connectivity index (χ0n) is 12.9. The average Bonchev–Trinajstić information content (AvgIpc) is 2.56. The van der Waals surface area contributed by atoms with Crippen LogP contribution in [-0.2, 0) is 11.2 Å². The molecular formula is C16H17N3O4. The number of anilines is 1. The maximum absolute atomic E-state index is 12.2. The third-order valence-corrected chi connectivity index (χ3v) is 3.08. The van der Waals surface area contributed by atoms with Crippen molar-refractivity contribution >= 4 is 17.7 Å². The summed E-state index contributed by atoms with van der Waals surface area (Å²) in [5.74, 6) is -1.06. The number of amides is 1. The summed E-state index contributed by atoms with van der Waals surface area (Å²) >= 11 is 0. The van der Waals surface area contributed by atoms with Gasteiger partial charge in [-0.05, 0) is 25.5 Å². The van der Waals surface area contributed by atoms with Crippen LogP contribution in [0.4, 0.5) is 5.82 Å². The summed E-state index contributed by atoms with van der Waals surface area (Å²) in [7, 11) is 0. The van der Waals surface area contributed by atoms with Gasteiger partial charge in [-0.2, -0.15) is 0 Å². The lowest BCUT2D eigenvalue weighted by Crippen LogP contribution is -2.26. The van der Waals surface area contributed by atoms with Gasteiger partial charge in [0.2, 0.25) is 5.69 Å². The molecule has 7 heteroatoms. The van der Waals surface area contributed by atoms with Gasteiger partial charge in [0, 0.05) is 5.56 Å². The predicted octanol–water partition coefficient (Wildman–Crippen LogP) is 1.76. The molecule has 120 valence electrons. The van der Waals surface area contributed by atoms with Crippen LogP contribution in [-0.4, -0.2) is 28.5 Å². The number of hydrogen-bond donors (Lipinski definition) is 2. The lowest BCUT2D eigenvalue weighted by molar-refractivity contribution is 0.0517. The van der Waals surface area contributed by atoms with Gasteiger partial charge in [0.15, 0.2) is 5.82 Å². The molecule has 0 unspecified atom stereocenters. The van der Waals surface area contributed by atoms with E-state index in [0.717, 1.165) is 0 Å². The Balaban J connectivity index is 2.37. The molecule has 7 nitrogen and oxygen atoms in total. The highest BCUT2D eigenvalue weighted by Crippen LogP contribution is 2.12. The number of rotatable bonds is 5. The maximum atomic E-state index is 12.2. The van der Waals surface area contributed by atoms with Gasteiger partial charge < -0.3 is 15.0 Å². The fourth-order valence-electron chi connectivity index (χ4n) is 1.95. The molecule has 2 aromatic rings. The number of hydrogen-bond acceptors (Lipinski definition) is 5. The minimum atomic E-state index is -0.827.